The second kappa shape index (κ2) is 8.52. The lowest BCUT2D eigenvalue weighted by atomic mass is 10.1. The molecule has 1 aromatic rings. The number of anilines is 1. The van der Waals surface area contributed by atoms with Crippen LogP contribution in [0.15, 0.2) is 18.2 Å². The van der Waals surface area contributed by atoms with E-state index in [1.165, 1.54) is 18.1 Å². The first-order chi connectivity index (χ1) is 11.9. The minimum Gasteiger partial charge on any atom is -0.465 e. The van der Waals surface area contributed by atoms with Crippen molar-refractivity contribution in [3.8, 4) is 0 Å². The summed E-state index contributed by atoms with van der Waals surface area (Å²) in [7, 11) is 1.27. The number of hydrogen-bond acceptors (Lipinski definition) is 7. The van der Waals surface area contributed by atoms with Crippen LogP contribution in [0.3, 0.4) is 0 Å². The van der Waals surface area contributed by atoms with Gasteiger partial charge in [-0.3, -0.25) is 14.4 Å². The Morgan fingerprint density at radius 2 is 2.08 bits per heavy atom. The Labute approximate surface area is 148 Å². The Kier molecular flexibility index (Phi) is 6.40. The number of amides is 2. The van der Waals surface area contributed by atoms with Crippen molar-refractivity contribution < 1.29 is 28.7 Å². The first-order valence-electron chi connectivity index (χ1n) is 7.47. The average molecular weight is 366 g/mol. The van der Waals surface area contributed by atoms with E-state index in [-0.39, 0.29) is 11.8 Å². The summed E-state index contributed by atoms with van der Waals surface area (Å²) in [5.41, 5.74) is 1.47. The van der Waals surface area contributed by atoms with Gasteiger partial charge in [-0.15, -0.1) is 0 Å². The zero-order chi connectivity index (χ0) is 18.4. The van der Waals surface area contributed by atoms with Gasteiger partial charge in [-0.25, -0.2) is 4.79 Å². The van der Waals surface area contributed by atoms with Crippen molar-refractivity contribution in [3.63, 3.8) is 0 Å². The standard InChI is InChI=1S/C16H18N2O6S/c1-10-3-4-11(15(21)23-2)7-12(10)17-13(19)9-24-14(20)8-18-5-6-25-16(18)22/h3-4,7H,5-6,8-9H2,1-2H3,(H,17,19). The molecule has 0 bridgehead atoms. The molecular weight excluding hydrogens is 348 g/mol. The molecule has 0 unspecified atom stereocenters. The molecule has 0 radical (unpaired) electrons. The highest BCUT2D eigenvalue weighted by atomic mass is 32.2. The van der Waals surface area contributed by atoms with Crippen molar-refractivity contribution >= 4 is 40.5 Å². The summed E-state index contributed by atoms with van der Waals surface area (Å²) in [5.74, 6) is -1.07. The van der Waals surface area contributed by atoms with Gasteiger partial charge in [0.05, 0.1) is 12.7 Å². The highest BCUT2D eigenvalue weighted by Crippen LogP contribution is 2.18. The minimum absolute atomic E-state index is 0.170. The van der Waals surface area contributed by atoms with E-state index in [1.807, 2.05) is 0 Å². The average Bonchev–Trinajstić information content (AvgIpc) is 2.99. The summed E-state index contributed by atoms with van der Waals surface area (Å²) < 4.78 is 9.51. The van der Waals surface area contributed by atoms with Crippen LogP contribution in [0.5, 0.6) is 0 Å². The van der Waals surface area contributed by atoms with E-state index >= 15 is 0 Å². The molecule has 8 nitrogen and oxygen atoms in total. The molecule has 0 saturated carbocycles. The normalized spacial score (nSPS) is 13.5. The number of nitrogens with zero attached hydrogens (tertiary/aromatic N) is 1. The van der Waals surface area contributed by atoms with Crippen LogP contribution in [-0.2, 0) is 19.1 Å². The van der Waals surface area contributed by atoms with Crippen LogP contribution in [0.1, 0.15) is 15.9 Å². The number of esters is 2. The predicted molar refractivity (Wildman–Crippen MR) is 91.5 cm³/mol. The molecule has 25 heavy (non-hydrogen) atoms. The number of thioether (sulfide) groups is 1. The van der Waals surface area contributed by atoms with Gasteiger partial charge < -0.3 is 19.7 Å². The molecule has 0 aromatic heterocycles. The van der Waals surface area contributed by atoms with Crippen molar-refractivity contribution in [1.82, 2.24) is 4.90 Å². The number of carbonyl (C=O) groups excluding carboxylic acids is 4. The van der Waals surface area contributed by atoms with Crippen LogP contribution in [0, 0.1) is 6.92 Å². The smallest absolute Gasteiger partial charge is 0.337 e. The largest absolute Gasteiger partial charge is 0.465 e. The van der Waals surface area contributed by atoms with Gasteiger partial charge in [0, 0.05) is 18.0 Å². The second-order valence-electron chi connectivity index (χ2n) is 5.27. The summed E-state index contributed by atoms with van der Waals surface area (Å²) in [6, 6.07) is 4.74. The van der Waals surface area contributed by atoms with Gasteiger partial charge in [0.2, 0.25) is 0 Å². The predicted octanol–water partition coefficient (Wildman–Crippen LogP) is 1.43. The third-order valence-corrected chi connectivity index (χ3v) is 4.35. The Hall–Kier alpha value is -2.55. The fourth-order valence-corrected chi connectivity index (χ4v) is 2.93. The van der Waals surface area contributed by atoms with E-state index in [2.05, 4.69) is 10.1 Å². The summed E-state index contributed by atoms with van der Waals surface area (Å²) in [5, 5.41) is 2.41. The monoisotopic (exact) mass is 366 g/mol. The van der Waals surface area contributed by atoms with Gasteiger partial charge in [-0.2, -0.15) is 0 Å². The Morgan fingerprint density at radius 1 is 1.32 bits per heavy atom. The number of rotatable bonds is 6. The number of carbonyl (C=O) groups is 4. The first-order valence-corrected chi connectivity index (χ1v) is 8.45. The lowest BCUT2D eigenvalue weighted by molar-refractivity contribution is -0.147. The first kappa shape index (κ1) is 18.8. The van der Waals surface area contributed by atoms with Crippen molar-refractivity contribution in [1.29, 1.82) is 0 Å². The van der Waals surface area contributed by atoms with E-state index < -0.39 is 24.5 Å². The van der Waals surface area contributed by atoms with Crippen molar-refractivity contribution in [3.05, 3.63) is 29.3 Å². The lowest BCUT2D eigenvalue weighted by Gasteiger charge is -2.14. The third kappa shape index (κ3) is 5.21. The van der Waals surface area contributed by atoms with E-state index in [9.17, 15) is 19.2 Å². The van der Waals surface area contributed by atoms with Gasteiger partial charge in [0.25, 0.3) is 11.1 Å². The fourth-order valence-electron chi connectivity index (χ4n) is 2.10. The van der Waals surface area contributed by atoms with E-state index in [1.54, 1.807) is 19.1 Å². The molecule has 2 rings (SSSR count). The van der Waals surface area contributed by atoms with Crippen LogP contribution in [0.4, 0.5) is 10.5 Å². The number of nitrogens with one attached hydrogen (secondary N) is 1. The van der Waals surface area contributed by atoms with E-state index in [0.29, 0.717) is 23.5 Å². The maximum atomic E-state index is 11.9. The topological polar surface area (TPSA) is 102 Å². The van der Waals surface area contributed by atoms with Crippen LogP contribution in [0.25, 0.3) is 0 Å². The van der Waals surface area contributed by atoms with Crippen LogP contribution >= 0.6 is 11.8 Å². The molecule has 9 heteroatoms. The van der Waals surface area contributed by atoms with Gasteiger partial charge in [-0.05, 0) is 24.6 Å². The molecule has 1 saturated heterocycles. The fraction of sp³-hybridized carbons (Fsp3) is 0.375. The van der Waals surface area contributed by atoms with Crippen LogP contribution in [0.2, 0.25) is 0 Å². The molecule has 1 aliphatic heterocycles. The van der Waals surface area contributed by atoms with Gasteiger partial charge in [0.1, 0.15) is 6.54 Å². The van der Waals surface area contributed by atoms with E-state index in [4.69, 9.17) is 4.74 Å². The molecule has 2 amide bonds. The molecule has 1 N–H and O–H groups in total. The summed E-state index contributed by atoms with van der Waals surface area (Å²) in [6.45, 7) is 1.61. The van der Waals surface area contributed by atoms with Crippen molar-refractivity contribution in [2.24, 2.45) is 0 Å². The number of methoxy groups -OCH3 is 1. The number of ether oxygens (including phenoxy) is 2. The van der Waals surface area contributed by atoms with Gasteiger partial charge >= 0.3 is 11.9 Å². The third-order valence-electron chi connectivity index (χ3n) is 3.46. The van der Waals surface area contributed by atoms with Crippen molar-refractivity contribution in [2.45, 2.75) is 6.92 Å². The molecule has 1 aromatic carbocycles. The molecule has 1 heterocycles. The molecule has 0 atom stereocenters. The maximum Gasteiger partial charge on any atom is 0.337 e. The highest BCUT2D eigenvalue weighted by Gasteiger charge is 2.24. The van der Waals surface area contributed by atoms with Crippen LogP contribution in [-0.4, -0.2) is 60.5 Å². The summed E-state index contributed by atoms with van der Waals surface area (Å²) in [4.78, 5) is 47.9. The zero-order valence-electron chi connectivity index (χ0n) is 13.9. The molecule has 0 spiro atoms. The quantitative estimate of drug-likeness (QED) is 0.760. The highest BCUT2D eigenvalue weighted by molar-refractivity contribution is 8.13. The molecule has 0 aliphatic carbocycles. The molecule has 1 aliphatic rings. The Bertz CT molecular complexity index is 706. The molecular formula is C16H18N2O6S. The number of aryl methyl sites for hydroxylation is 1. The summed E-state index contributed by atoms with van der Waals surface area (Å²) >= 11 is 1.14. The lowest BCUT2D eigenvalue weighted by Crippen LogP contribution is -2.32. The SMILES string of the molecule is COC(=O)c1ccc(C)c(NC(=O)COC(=O)CN2CCSC2=O)c1. The maximum absolute atomic E-state index is 11.9. The number of hydrogen-bond donors (Lipinski definition) is 1. The Morgan fingerprint density at radius 3 is 2.72 bits per heavy atom. The van der Waals surface area contributed by atoms with E-state index in [0.717, 1.165) is 17.3 Å². The second-order valence-corrected chi connectivity index (χ2v) is 6.31. The Balaban J connectivity index is 1.86. The molecule has 1 fully saturated rings. The van der Waals surface area contributed by atoms with Crippen molar-refractivity contribution in [2.75, 3.05) is 37.9 Å². The van der Waals surface area contributed by atoms with Gasteiger partial charge in [0.15, 0.2) is 6.61 Å². The minimum atomic E-state index is -0.647. The molecule has 134 valence electrons. The van der Waals surface area contributed by atoms with Crippen LogP contribution < -0.4 is 5.32 Å². The zero-order valence-corrected chi connectivity index (χ0v) is 14.7. The van der Waals surface area contributed by atoms with Gasteiger partial charge in [-0.1, -0.05) is 17.8 Å². The summed E-state index contributed by atoms with van der Waals surface area (Å²) in [6.07, 6.45) is 0. The number of benzene rings is 1.